The van der Waals surface area contributed by atoms with Crippen LogP contribution in [-0.2, 0) is 0 Å². The Morgan fingerprint density at radius 3 is 2.82 bits per heavy atom. The molecule has 0 unspecified atom stereocenters. The van der Waals surface area contributed by atoms with E-state index >= 15 is 0 Å². The molecule has 0 aromatic rings. The number of hydrogen-bond donors (Lipinski definition) is 1. The molecule has 1 saturated heterocycles. The molecular formula is C9H20N2. The van der Waals surface area contributed by atoms with Gasteiger partial charge in [0, 0.05) is 25.2 Å². The van der Waals surface area contributed by atoms with E-state index in [4.69, 9.17) is 0 Å². The van der Waals surface area contributed by atoms with Crippen LogP contribution in [0.2, 0.25) is 0 Å². The average Bonchev–Trinajstić information content (AvgIpc) is 2.50. The molecule has 2 heteroatoms. The molecule has 1 aliphatic heterocycles. The van der Waals surface area contributed by atoms with Gasteiger partial charge in [-0.15, -0.1) is 0 Å². The summed E-state index contributed by atoms with van der Waals surface area (Å²) < 4.78 is 0. The topological polar surface area (TPSA) is 15.3 Å². The fourth-order valence-corrected chi connectivity index (χ4v) is 1.68. The summed E-state index contributed by atoms with van der Waals surface area (Å²) in [6.07, 6.45) is 2.59. The molecule has 11 heavy (non-hydrogen) atoms. The van der Waals surface area contributed by atoms with Crippen LogP contribution in [0.5, 0.6) is 0 Å². The summed E-state index contributed by atoms with van der Waals surface area (Å²) in [5.41, 5.74) is 0. The van der Waals surface area contributed by atoms with E-state index in [0.29, 0.717) is 0 Å². The summed E-state index contributed by atoms with van der Waals surface area (Å²) in [6, 6.07) is 1.51. The van der Waals surface area contributed by atoms with E-state index in [1.165, 1.54) is 25.9 Å². The highest BCUT2D eigenvalue weighted by Gasteiger charge is 2.23. The first kappa shape index (κ1) is 9.01. The van der Waals surface area contributed by atoms with Gasteiger partial charge in [0.05, 0.1) is 0 Å². The summed E-state index contributed by atoms with van der Waals surface area (Å²) in [6.45, 7) is 7.10. The lowest BCUT2D eigenvalue weighted by molar-refractivity contribution is 0.247. The molecule has 1 aliphatic rings. The first-order chi connectivity index (χ1) is 5.27. The van der Waals surface area contributed by atoms with E-state index in [1.54, 1.807) is 0 Å². The fraction of sp³-hybridized carbons (Fsp3) is 1.00. The van der Waals surface area contributed by atoms with Crippen molar-refractivity contribution in [3.8, 4) is 0 Å². The van der Waals surface area contributed by atoms with E-state index in [-0.39, 0.29) is 0 Å². The smallest absolute Gasteiger partial charge is 0.0204 e. The highest BCUT2D eigenvalue weighted by atomic mass is 15.2. The number of hydrogen-bond acceptors (Lipinski definition) is 2. The van der Waals surface area contributed by atoms with Crippen molar-refractivity contribution in [2.75, 3.05) is 20.1 Å². The molecule has 0 radical (unpaired) electrons. The van der Waals surface area contributed by atoms with E-state index < -0.39 is 0 Å². The van der Waals surface area contributed by atoms with Gasteiger partial charge < -0.3 is 5.32 Å². The maximum absolute atomic E-state index is 3.33. The van der Waals surface area contributed by atoms with Crippen LogP contribution in [0.3, 0.4) is 0 Å². The molecule has 1 fully saturated rings. The Morgan fingerprint density at radius 2 is 2.36 bits per heavy atom. The maximum atomic E-state index is 3.33. The van der Waals surface area contributed by atoms with Crippen molar-refractivity contribution in [1.82, 2.24) is 10.2 Å². The summed E-state index contributed by atoms with van der Waals surface area (Å²) in [7, 11) is 2.06. The van der Waals surface area contributed by atoms with Crippen LogP contribution in [0.1, 0.15) is 26.7 Å². The summed E-state index contributed by atoms with van der Waals surface area (Å²) in [5, 5.41) is 3.33. The molecule has 0 aromatic carbocycles. The van der Waals surface area contributed by atoms with E-state index in [1.807, 2.05) is 0 Å². The number of nitrogens with one attached hydrogen (secondary N) is 1. The zero-order valence-corrected chi connectivity index (χ0v) is 7.93. The van der Waals surface area contributed by atoms with Gasteiger partial charge in [0.25, 0.3) is 0 Å². The second-order valence-electron chi connectivity index (χ2n) is 3.53. The van der Waals surface area contributed by atoms with Gasteiger partial charge in [0.1, 0.15) is 0 Å². The zero-order chi connectivity index (χ0) is 8.27. The van der Waals surface area contributed by atoms with Crippen molar-refractivity contribution in [1.29, 1.82) is 0 Å². The Morgan fingerprint density at radius 1 is 1.64 bits per heavy atom. The molecule has 0 amide bonds. The van der Waals surface area contributed by atoms with Gasteiger partial charge in [-0.05, 0) is 26.8 Å². The van der Waals surface area contributed by atoms with Gasteiger partial charge in [-0.2, -0.15) is 0 Å². The van der Waals surface area contributed by atoms with Crippen molar-refractivity contribution >= 4 is 0 Å². The van der Waals surface area contributed by atoms with Gasteiger partial charge in [-0.1, -0.05) is 6.92 Å². The van der Waals surface area contributed by atoms with Crippen LogP contribution < -0.4 is 5.32 Å². The van der Waals surface area contributed by atoms with E-state index in [2.05, 4.69) is 31.1 Å². The summed E-state index contributed by atoms with van der Waals surface area (Å²) in [4.78, 5) is 2.57. The van der Waals surface area contributed by atoms with Gasteiger partial charge in [0.15, 0.2) is 0 Å². The summed E-state index contributed by atoms with van der Waals surface area (Å²) in [5.74, 6) is 0. The molecule has 66 valence electrons. The van der Waals surface area contributed by atoms with Crippen molar-refractivity contribution in [2.45, 2.75) is 38.8 Å². The number of rotatable bonds is 3. The third-order valence-electron chi connectivity index (χ3n) is 2.84. The molecule has 1 rings (SSSR count). The minimum Gasteiger partial charge on any atom is -0.316 e. The summed E-state index contributed by atoms with van der Waals surface area (Å²) >= 11 is 0. The first-order valence-corrected chi connectivity index (χ1v) is 4.69. The monoisotopic (exact) mass is 156 g/mol. The molecule has 1 heterocycles. The molecule has 0 saturated carbocycles. The lowest BCUT2D eigenvalue weighted by Crippen LogP contribution is -2.34. The van der Waals surface area contributed by atoms with Crippen molar-refractivity contribution < 1.29 is 0 Å². The van der Waals surface area contributed by atoms with Crippen molar-refractivity contribution in [3.05, 3.63) is 0 Å². The number of likely N-dealkylation sites (N-methyl/N-ethyl adjacent to an activating group) is 1. The van der Waals surface area contributed by atoms with Crippen LogP contribution in [0, 0.1) is 0 Å². The standard InChI is InChI=1S/C9H20N2/c1-4-8(2)11-6-5-9(7-11)10-3/h8-10H,4-7H2,1-3H3/t8-,9+/m1/s1. The maximum Gasteiger partial charge on any atom is 0.0204 e. The Hall–Kier alpha value is -0.0800. The number of nitrogens with zero attached hydrogens (tertiary/aromatic N) is 1. The Labute approximate surface area is 70.0 Å². The minimum atomic E-state index is 0.740. The average molecular weight is 156 g/mol. The molecule has 0 spiro atoms. The first-order valence-electron chi connectivity index (χ1n) is 4.69. The lowest BCUT2D eigenvalue weighted by Gasteiger charge is -2.22. The lowest BCUT2D eigenvalue weighted by atomic mass is 10.2. The largest absolute Gasteiger partial charge is 0.316 e. The predicted octanol–water partition coefficient (Wildman–Crippen LogP) is 1.08. The third kappa shape index (κ3) is 2.17. The second kappa shape index (κ2) is 4.07. The number of likely N-dealkylation sites (tertiary alicyclic amines) is 1. The third-order valence-corrected chi connectivity index (χ3v) is 2.84. The Bertz CT molecular complexity index is 114. The second-order valence-corrected chi connectivity index (χ2v) is 3.53. The molecule has 2 nitrogen and oxygen atoms in total. The van der Waals surface area contributed by atoms with Gasteiger partial charge in [-0.3, -0.25) is 4.90 Å². The van der Waals surface area contributed by atoms with Crippen molar-refractivity contribution in [2.24, 2.45) is 0 Å². The Balaban J connectivity index is 2.29. The zero-order valence-electron chi connectivity index (χ0n) is 7.93. The van der Waals surface area contributed by atoms with E-state index in [0.717, 1.165) is 12.1 Å². The van der Waals surface area contributed by atoms with Crippen LogP contribution in [0.4, 0.5) is 0 Å². The molecular weight excluding hydrogens is 136 g/mol. The quantitative estimate of drug-likeness (QED) is 0.658. The fourth-order valence-electron chi connectivity index (χ4n) is 1.68. The molecule has 1 N–H and O–H groups in total. The van der Waals surface area contributed by atoms with Crippen LogP contribution in [0.15, 0.2) is 0 Å². The van der Waals surface area contributed by atoms with E-state index in [9.17, 15) is 0 Å². The van der Waals surface area contributed by atoms with Gasteiger partial charge in [0.2, 0.25) is 0 Å². The molecule has 0 bridgehead atoms. The van der Waals surface area contributed by atoms with Crippen LogP contribution >= 0.6 is 0 Å². The molecule has 2 atom stereocenters. The minimum absolute atomic E-state index is 0.740. The van der Waals surface area contributed by atoms with Crippen molar-refractivity contribution in [3.63, 3.8) is 0 Å². The normalized spacial score (nSPS) is 29.2. The molecule has 0 aromatic heterocycles. The predicted molar refractivity (Wildman–Crippen MR) is 48.8 cm³/mol. The highest BCUT2D eigenvalue weighted by molar-refractivity contribution is 4.82. The van der Waals surface area contributed by atoms with Crippen LogP contribution in [0.25, 0.3) is 0 Å². The van der Waals surface area contributed by atoms with Gasteiger partial charge >= 0.3 is 0 Å². The van der Waals surface area contributed by atoms with Gasteiger partial charge in [-0.25, -0.2) is 0 Å². The SMILES string of the molecule is CC[C@@H](C)N1CC[C@H](NC)C1. The Kier molecular flexibility index (Phi) is 3.34. The molecule has 0 aliphatic carbocycles. The highest BCUT2D eigenvalue weighted by Crippen LogP contribution is 2.13. The van der Waals surface area contributed by atoms with Crippen LogP contribution in [-0.4, -0.2) is 37.1 Å².